The zero-order chi connectivity index (χ0) is 24.4. The third-order valence-corrected chi connectivity index (χ3v) is 7.32. The van der Waals surface area contributed by atoms with Crippen molar-refractivity contribution in [3.8, 4) is 5.69 Å². The Morgan fingerprint density at radius 3 is 2.32 bits per heavy atom. The van der Waals surface area contributed by atoms with Crippen LogP contribution >= 0.6 is 23.5 Å². The lowest BCUT2D eigenvalue weighted by molar-refractivity contribution is -0.114. The molecule has 9 heteroatoms. The van der Waals surface area contributed by atoms with Crippen LogP contribution in [0.5, 0.6) is 0 Å². The number of aromatic nitrogens is 2. The lowest BCUT2D eigenvalue weighted by atomic mass is 10.1. The topological polar surface area (TPSA) is 93.1 Å². The van der Waals surface area contributed by atoms with Crippen LogP contribution in [-0.4, -0.2) is 32.4 Å². The van der Waals surface area contributed by atoms with E-state index in [-0.39, 0.29) is 23.1 Å². The standard InChI is InChI=1S/C25H26N4O3S2/c1-14-9-15(2)11-20(10-14)29-24(32)23-21(12-16(3)34-23)28-25(29)33-13-22(31)27-19-7-5-18(6-8-19)26-17(4)30/h5-11,16H,12-13H2,1-4H3,(H,26,30)(H,27,31). The second-order valence-electron chi connectivity index (χ2n) is 8.38. The Labute approximate surface area is 206 Å². The van der Waals surface area contributed by atoms with Crippen molar-refractivity contribution in [3.05, 3.63) is 69.6 Å². The molecule has 2 heterocycles. The molecule has 0 bridgehead atoms. The molecule has 2 N–H and O–H groups in total. The summed E-state index contributed by atoms with van der Waals surface area (Å²) in [6, 6.07) is 12.9. The number of aryl methyl sites for hydroxylation is 2. The van der Waals surface area contributed by atoms with Crippen LogP contribution in [0.25, 0.3) is 5.69 Å². The highest BCUT2D eigenvalue weighted by Crippen LogP contribution is 2.35. The maximum atomic E-state index is 13.5. The van der Waals surface area contributed by atoms with Gasteiger partial charge < -0.3 is 10.6 Å². The van der Waals surface area contributed by atoms with Gasteiger partial charge in [0.2, 0.25) is 11.8 Å². The van der Waals surface area contributed by atoms with E-state index in [9.17, 15) is 14.4 Å². The lowest BCUT2D eigenvalue weighted by Crippen LogP contribution is -2.25. The Bertz CT molecular complexity index is 1300. The molecule has 3 aromatic rings. The number of anilines is 2. The number of thioether (sulfide) groups is 2. The Balaban J connectivity index is 1.57. The molecule has 34 heavy (non-hydrogen) atoms. The molecule has 0 saturated heterocycles. The molecule has 1 aliphatic rings. The predicted molar refractivity (Wildman–Crippen MR) is 138 cm³/mol. The first-order valence-electron chi connectivity index (χ1n) is 10.9. The van der Waals surface area contributed by atoms with Gasteiger partial charge in [0, 0.05) is 30.0 Å². The number of nitrogens with zero attached hydrogens (tertiary/aromatic N) is 2. The molecule has 2 aromatic carbocycles. The summed E-state index contributed by atoms with van der Waals surface area (Å²) < 4.78 is 1.63. The average molecular weight is 495 g/mol. The van der Waals surface area contributed by atoms with Crippen LogP contribution in [0.1, 0.15) is 30.7 Å². The number of hydrogen-bond acceptors (Lipinski definition) is 6. The number of rotatable bonds is 6. The highest BCUT2D eigenvalue weighted by Gasteiger charge is 2.27. The number of benzene rings is 2. The second-order valence-corrected chi connectivity index (χ2v) is 10.8. The zero-order valence-corrected chi connectivity index (χ0v) is 21.1. The lowest BCUT2D eigenvalue weighted by Gasteiger charge is -2.15. The Hall–Kier alpha value is -3.04. The fourth-order valence-corrected chi connectivity index (χ4v) is 5.80. The number of amides is 2. The molecule has 1 unspecified atom stereocenters. The van der Waals surface area contributed by atoms with Crippen molar-refractivity contribution in [1.29, 1.82) is 0 Å². The summed E-state index contributed by atoms with van der Waals surface area (Å²) in [7, 11) is 0. The molecule has 4 rings (SSSR count). The molecule has 1 aliphatic heterocycles. The van der Waals surface area contributed by atoms with Gasteiger partial charge in [-0.3, -0.25) is 19.0 Å². The molecule has 1 aromatic heterocycles. The zero-order valence-electron chi connectivity index (χ0n) is 19.5. The van der Waals surface area contributed by atoms with Gasteiger partial charge in [-0.2, -0.15) is 0 Å². The number of hydrogen-bond donors (Lipinski definition) is 2. The van der Waals surface area contributed by atoms with E-state index in [1.165, 1.54) is 18.7 Å². The van der Waals surface area contributed by atoms with Gasteiger partial charge in [0.25, 0.3) is 5.56 Å². The number of carbonyl (C=O) groups is 2. The minimum atomic E-state index is -0.207. The van der Waals surface area contributed by atoms with Gasteiger partial charge in [-0.1, -0.05) is 24.8 Å². The van der Waals surface area contributed by atoms with Crippen LogP contribution in [-0.2, 0) is 16.0 Å². The minimum absolute atomic E-state index is 0.0826. The first kappa shape index (κ1) is 24.1. The van der Waals surface area contributed by atoms with Crippen LogP contribution in [0.4, 0.5) is 11.4 Å². The Kier molecular flexibility index (Phi) is 7.13. The van der Waals surface area contributed by atoms with Gasteiger partial charge in [-0.25, -0.2) is 4.98 Å². The van der Waals surface area contributed by atoms with Crippen LogP contribution < -0.4 is 16.2 Å². The van der Waals surface area contributed by atoms with E-state index >= 15 is 0 Å². The summed E-state index contributed by atoms with van der Waals surface area (Å²) in [4.78, 5) is 42.8. The summed E-state index contributed by atoms with van der Waals surface area (Å²) in [5.41, 5.74) is 4.87. The van der Waals surface area contributed by atoms with E-state index in [2.05, 4.69) is 23.6 Å². The van der Waals surface area contributed by atoms with Crippen molar-refractivity contribution in [2.75, 3.05) is 16.4 Å². The van der Waals surface area contributed by atoms with Crippen molar-refractivity contribution < 1.29 is 9.59 Å². The summed E-state index contributed by atoms with van der Waals surface area (Å²) in [6.45, 7) is 7.52. The monoisotopic (exact) mass is 494 g/mol. The number of nitrogens with one attached hydrogen (secondary N) is 2. The molecule has 0 spiro atoms. The van der Waals surface area contributed by atoms with Crippen LogP contribution in [0.15, 0.2) is 57.3 Å². The fraction of sp³-hybridized carbons (Fsp3) is 0.280. The Morgan fingerprint density at radius 2 is 1.71 bits per heavy atom. The SMILES string of the molecule is CC(=O)Nc1ccc(NC(=O)CSc2nc3c(c(=O)n2-c2cc(C)cc(C)c2)SC(C)C3)cc1. The maximum absolute atomic E-state index is 13.5. The summed E-state index contributed by atoms with van der Waals surface area (Å²) in [6.07, 6.45) is 0.739. The third kappa shape index (κ3) is 5.53. The van der Waals surface area contributed by atoms with Crippen LogP contribution in [0.2, 0.25) is 0 Å². The Morgan fingerprint density at radius 1 is 1.09 bits per heavy atom. The summed E-state index contributed by atoms with van der Waals surface area (Å²) >= 11 is 2.81. The molecule has 7 nitrogen and oxygen atoms in total. The molecule has 2 amide bonds. The predicted octanol–water partition coefficient (Wildman–Crippen LogP) is 4.58. The third-order valence-electron chi connectivity index (χ3n) is 5.17. The van der Waals surface area contributed by atoms with Crippen LogP contribution in [0.3, 0.4) is 0 Å². The summed E-state index contributed by atoms with van der Waals surface area (Å²) in [5, 5.41) is 6.36. The van der Waals surface area contributed by atoms with E-state index in [0.717, 1.165) is 28.9 Å². The van der Waals surface area contributed by atoms with Gasteiger partial charge in [0.15, 0.2) is 5.16 Å². The van der Waals surface area contributed by atoms with Crippen molar-refractivity contribution in [1.82, 2.24) is 9.55 Å². The minimum Gasteiger partial charge on any atom is -0.326 e. The van der Waals surface area contributed by atoms with Crippen molar-refractivity contribution in [2.45, 2.75) is 49.4 Å². The quantitative estimate of drug-likeness (QED) is 0.385. The van der Waals surface area contributed by atoms with E-state index in [4.69, 9.17) is 4.98 Å². The molecular weight excluding hydrogens is 468 g/mol. The average Bonchev–Trinajstić information content (AvgIpc) is 3.13. The van der Waals surface area contributed by atoms with Crippen molar-refractivity contribution in [3.63, 3.8) is 0 Å². The van der Waals surface area contributed by atoms with Gasteiger partial charge in [-0.15, -0.1) is 11.8 Å². The number of carbonyl (C=O) groups excluding carboxylic acids is 2. The number of fused-ring (bicyclic) bond motifs is 1. The van der Waals surface area contributed by atoms with Crippen molar-refractivity contribution >= 4 is 46.7 Å². The van der Waals surface area contributed by atoms with Crippen molar-refractivity contribution in [2.24, 2.45) is 0 Å². The van der Waals surface area contributed by atoms with Gasteiger partial charge in [0.1, 0.15) is 0 Å². The molecule has 1 atom stereocenters. The normalized spacial score (nSPS) is 14.5. The molecule has 0 aliphatic carbocycles. The summed E-state index contributed by atoms with van der Waals surface area (Å²) in [5.74, 6) is -0.258. The smallest absolute Gasteiger partial charge is 0.272 e. The van der Waals surface area contributed by atoms with E-state index in [1.807, 2.05) is 26.0 Å². The molecular formula is C25H26N4O3S2. The first-order valence-corrected chi connectivity index (χ1v) is 12.8. The largest absolute Gasteiger partial charge is 0.326 e. The van der Waals surface area contributed by atoms with Gasteiger partial charge in [-0.05, 0) is 61.4 Å². The fourth-order valence-electron chi connectivity index (χ4n) is 3.87. The molecule has 176 valence electrons. The van der Waals surface area contributed by atoms with Gasteiger partial charge in [0.05, 0.1) is 22.0 Å². The van der Waals surface area contributed by atoms with Gasteiger partial charge >= 0.3 is 0 Å². The van der Waals surface area contributed by atoms with E-state index < -0.39 is 0 Å². The van der Waals surface area contributed by atoms with Crippen LogP contribution in [0, 0.1) is 13.8 Å². The first-order chi connectivity index (χ1) is 16.2. The second kappa shape index (κ2) is 10.1. The maximum Gasteiger partial charge on any atom is 0.272 e. The molecule has 0 fully saturated rings. The molecule has 0 saturated carbocycles. The highest BCUT2D eigenvalue weighted by molar-refractivity contribution is 8.00. The van der Waals surface area contributed by atoms with E-state index in [0.29, 0.717) is 26.7 Å². The molecule has 0 radical (unpaired) electrons. The highest BCUT2D eigenvalue weighted by atomic mass is 32.2. The van der Waals surface area contributed by atoms with E-state index in [1.54, 1.807) is 40.6 Å².